The van der Waals surface area contributed by atoms with Crippen molar-refractivity contribution in [2.24, 2.45) is 0 Å². The Balaban J connectivity index is 1.93. The van der Waals surface area contributed by atoms with Crippen molar-refractivity contribution in [3.05, 3.63) is 24.3 Å². The van der Waals surface area contributed by atoms with E-state index in [2.05, 4.69) is 17.6 Å². The van der Waals surface area contributed by atoms with Crippen LogP contribution in [0.25, 0.3) is 0 Å². The van der Waals surface area contributed by atoms with Crippen LogP contribution in [0.1, 0.15) is 47.0 Å². The van der Waals surface area contributed by atoms with E-state index in [-0.39, 0.29) is 0 Å². The van der Waals surface area contributed by atoms with Gasteiger partial charge < -0.3 is 14.8 Å². The highest BCUT2D eigenvalue weighted by molar-refractivity contribution is 5.85. The normalized spacial score (nSPS) is 21.6. The van der Waals surface area contributed by atoms with Gasteiger partial charge in [-0.25, -0.2) is 4.79 Å². The SMILES string of the molecule is CCC1CC(Nc2cccc(NC(=O)OC(C)(C)C)c2)CCO1. The molecule has 2 unspecified atom stereocenters. The molecule has 0 bridgehead atoms. The summed E-state index contributed by atoms with van der Waals surface area (Å²) in [7, 11) is 0. The molecule has 5 nitrogen and oxygen atoms in total. The molecule has 128 valence electrons. The Labute approximate surface area is 138 Å². The van der Waals surface area contributed by atoms with Gasteiger partial charge >= 0.3 is 6.09 Å². The molecule has 1 heterocycles. The van der Waals surface area contributed by atoms with Crippen molar-refractivity contribution in [2.45, 2.75) is 64.7 Å². The van der Waals surface area contributed by atoms with Gasteiger partial charge in [0.2, 0.25) is 0 Å². The number of ether oxygens (including phenoxy) is 2. The Morgan fingerprint density at radius 3 is 2.78 bits per heavy atom. The maximum atomic E-state index is 11.8. The van der Waals surface area contributed by atoms with Gasteiger partial charge in [0, 0.05) is 24.0 Å². The minimum atomic E-state index is -0.503. The van der Waals surface area contributed by atoms with Crippen LogP contribution in [0.5, 0.6) is 0 Å². The summed E-state index contributed by atoms with van der Waals surface area (Å²) in [6.45, 7) is 8.49. The van der Waals surface area contributed by atoms with Gasteiger partial charge in [0.05, 0.1) is 6.10 Å². The molecule has 23 heavy (non-hydrogen) atoms. The maximum absolute atomic E-state index is 11.8. The van der Waals surface area contributed by atoms with Gasteiger partial charge in [-0.2, -0.15) is 0 Å². The number of nitrogens with one attached hydrogen (secondary N) is 2. The van der Waals surface area contributed by atoms with Gasteiger partial charge in [-0.15, -0.1) is 0 Å². The maximum Gasteiger partial charge on any atom is 0.412 e. The second-order valence-corrected chi connectivity index (χ2v) is 6.97. The molecule has 1 aromatic rings. The van der Waals surface area contributed by atoms with Gasteiger partial charge in [0.15, 0.2) is 0 Å². The molecular formula is C18H28N2O3. The molecule has 0 aliphatic carbocycles. The molecule has 1 saturated heterocycles. The van der Waals surface area contributed by atoms with Gasteiger partial charge in [-0.05, 0) is 58.2 Å². The molecule has 2 atom stereocenters. The van der Waals surface area contributed by atoms with E-state index in [1.165, 1.54) is 0 Å². The number of hydrogen-bond acceptors (Lipinski definition) is 4. The van der Waals surface area contributed by atoms with Crippen molar-refractivity contribution >= 4 is 17.5 Å². The summed E-state index contributed by atoms with van der Waals surface area (Å²) in [5.41, 5.74) is 1.22. The second kappa shape index (κ2) is 7.68. The molecule has 1 amide bonds. The van der Waals surface area contributed by atoms with Gasteiger partial charge in [0.1, 0.15) is 5.60 Å². The lowest BCUT2D eigenvalue weighted by Crippen LogP contribution is -2.33. The molecular weight excluding hydrogens is 292 g/mol. The molecule has 2 rings (SSSR count). The number of rotatable bonds is 4. The molecule has 0 saturated carbocycles. The summed E-state index contributed by atoms with van der Waals surface area (Å²) in [6, 6.07) is 8.13. The predicted octanol–water partition coefficient (Wildman–Crippen LogP) is 4.40. The summed E-state index contributed by atoms with van der Waals surface area (Å²) < 4.78 is 11.0. The van der Waals surface area contributed by atoms with Crippen molar-refractivity contribution in [1.29, 1.82) is 0 Å². The highest BCUT2D eigenvalue weighted by Crippen LogP contribution is 2.22. The average molecular weight is 320 g/mol. The van der Waals surface area contributed by atoms with Crippen LogP contribution in [0, 0.1) is 0 Å². The largest absolute Gasteiger partial charge is 0.444 e. The van der Waals surface area contributed by atoms with Crippen LogP contribution in [-0.2, 0) is 9.47 Å². The fourth-order valence-corrected chi connectivity index (χ4v) is 2.64. The lowest BCUT2D eigenvalue weighted by Gasteiger charge is -2.30. The van der Waals surface area contributed by atoms with E-state index < -0.39 is 11.7 Å². The second-order valence-electron chi connectivity index (χ2n) is 6.97. The molecule has 1 aliphatic heterocycles. The number of anilines is 2. The molecule has 0 aromatic heterocycles. The lowest BCUT2D eigenvalue weighted by atomic mass is 10.0. The monoisotopic (exact) mass is 320 g/mol. The van der Waals surface area contributed by atoms with Crippen molar-refractivity contribution in [2.75, 3.05) is 17.2 Å². The first-order valence-electron chi connectivity index (χ1n) is 8.34. The lowest BCUT2D eigenvalue weighted by molar-refractivity contribution is 0.00925. The van der Waals surface area contributed by atoms with Crippen molar-refractivity contribution < 1.29 is 14.3 Å². The fourth-order valence-electron chi connectivity index (χ4n) is 2.64. The quantitative estimate of drug-likeness (QED) is 0.863. The molecule has 0 spiro atoms. The molecule has 5 heteroatoms. The Morgan fingerprint density at radius 2 is 2.09 bits per heavy atom. The number of hydrogen-bond donors (Lipinski definition) is 2. The first-order chi connectivity index (χ1) is 10.9. The smallest absolute Gasteiger partial charge is 0.412 e. The molecule has 2 N–H and O–H groups in total. The van der Waals surface area contributed by atoms with Crippen LogP contribution in [0.2, 0.25) is 0 Å². The first-order valence-corrected chi connectivity index (χ1v) is 8.34. The predicted molar refractivity (Wildman–Crippen MR) is 93.0 cm³/mol. The van der Waals surface area contributed by atoms with E-state index in [9.17, 15) is 4.79 Å². The minimum absolute atomic E-state index is 0.337. The number of carbonyl (C=O) groups excluding carboxylic acids is 1. The summed E-state index contributed by atoms with van der Waals surface area (Å²) in [5.74, 6) is 0. The summed E-state index contributed by atoms with van der Waals surface area (Å²) in [4.78, 5) is 11.8. The molecule has 1 aromatic carbocycles. The van der Waals surface area contributed by atoms with Crippen molar-refractivity contribution in [1.82, 2.24) is 0 Å². The highest BCUT2D eigenvalue weighted by Gasteiger charge is 2.21. The van der Waals surface area contributed by atoms with E-state index in [1.807, 2.05) is 45.0 Å². The Kier molecular flexibility index (Phi) is 5.88. The topological polar surface area (TPSA) is 59.6 Å². The zero-order chi connectivity index (χ0) is 16.9. The number of benzene rings is 1. The third-order valence-corrected chi connectivity index (χ3v) is 3.70. The van der Waals surface area contributed by atoms with Crippen LogP contribution in [0.15, 0.2) is 24.3 Å². The van der Waals surface area contributed by atoms with Crippen LogP contribution >= 0.6 is 0 Å². The van der Waals surface area contributed by atoms with Gasteiger partial charge in [0.25, 0.3) is 0 Å². The first kappa shape index (κ1) is 17.6. The van der Waals surface area contributed by atoms with Crippen LogP contribution in [-0.4, -0.2) is 30.4 Å². The molecule has 1 fully saturated rings. The highest BCUT2D eigenvalue weighted by atomic mass is 16.6. The van der Waals surface area contributed by atoms with Gasteiger partial charge in [-0.1, -0.05) is 13.0 Å². The fraction of sp³-hybridized carbons (Fsp3) is 0.611. The van der Waals surface area contributed by atoms with E-state index in [0.717, 1.165) is 37.2 Å². The third-order valence-electron chi connectivity index (χ3n) is 3.70. The summed E-state index contributed by atoms with van der Waals surface area (Å²) in [5, 5.41) is 6.31. The van der Waals surface area contributed by atoms with Crippen LogP contribution < -0.4 is 10.6 Å². The molecule has 0 radical (unpaired) electrons. The van der Waals surface area contributed by atoms with Gasteiger partial charge in [-0.3, -0.25) is 5.32 Å². The van der Waals surface area contributed by atoms with Crippen molar-refractivity contribution in [3.8, 4) is 0 Å². The Hall–Kier alpha value is -1.75. The zero-order valence-corrected chi connectivity index (χ0v) is 14.5. The van der Waals surface area contributed by atoms with Crippen molar-refractivity contribution in [3.63, 3.8) is 0 Å². The average Bonchev–Trinajstić information content (AvgIpc) is 2.45. The van der Waals surface area contributed by atoms with E-state index in [1.54, 1.807) is 0 Å². The van der Waals surface area contributed by atoms with Crippen LogP contribution in [0.4, 0.5) is 16.2 Å². The zero-order valence-electron chi connectivity index (χ0n) is 14.5. The number of carbonyl (C=O) groups is 1. The van der Waals surface area contributed by atoms with Crippen LogP contribution in [0.3, 0.4) is 0 Å². The van der Waals surface area contributed by atoms with E-state index in [4.69, 9.17) is 9.47 Å². The Morgan fingerprint density at radius 1 is 1.35 bits per heavy atom. The number of amides is 1. The summed E-state index contributed by atoms with van der Waals surface area (Å²) >= 11 is 0. The third kappa shape index (κ3) is 6.10. The van der Waals surface area contributed by atoms with E-state index >= 15 is 0 Å². The Bertz CT molecular complexity index is 525. The van der Waals surface area contributed by atoms with E-state index in [0.29, 0.717) is 12.1 Å². The minimum Gasteiger partial charge on any atom is -0.444 e. The molecule has 1 aliphatic rings. The standard InChI is InChI=1S/C18H28N2O3/c1-5-16-12-15(9-10-22-16)19-13-7-6-8-14(11-13)20-17(21)23-18(2,3)4/h6-8,11,15-16,19H,5,9-10,12H2,1-4H3,(H,20,21). The summed E-state index contributed by atoms with van der Waals surface area (Å²) in [6.07, 6.45) is 2.95.